The number of aromatic nitrogens is 4. The molecule has 0 atom stereocenters. The van der Waals surface area contributed by atoms with Gasteiger partial charge in [0.25, 0.3) is 0 Å². The van der Waals surface area contributed by atoms with Gasteiger partial charge >= 0.3 is 5.95 Å². The Kier molecular flexibility index (Phi) is 4.33. The predicted octanol–water partition coefficient (Wildman–Crippen LogP) is 1.83. The summed E-state index contributed by atoms with van der Waals surface area (Å²) >= 11 is 1.31. The van der Waals surface area contributed by atoms with Gasteiger partial charge in [-0.05, 0) is 30.0 Å². The van der Waals surface area contributed by atoms with Crippen LogP contribution in [0.3, 0.4) is 0 Å². The molecular formula is C13H12N6O4S. The lowest BCUT2D eigenvalue weighted by Crippen LogP contribution is -2.19. The second-order valence-corrected chi connectivity index (χ2v) is 5.66. The normalized spacial score (nSPS) is 10.7. The fraction of sp³-hybridized carbons (Fsp3) is 0.231. The highest BCUT2D eigenvalue weighted by Crippen LogP contribution is 2.29. The first kappa shape index (κ1) is 15.8. The minimum atomic E-state index is -0.724. The molecule has 0 radical (unpaired) electrons. The third kappa shape index (κ3) is 3.46. The van der Waals surface area contributed by atoms with E-state index in [9.17, 15) is 14.9 Å². The number of hydrogen-bond acceptors (Lipinski definition) is 8. The lowest BCUT2D eigenvalue weighted by atomic mass is 10.3. The molecule has 0 bridgehead atoms. The SMILES string of the molecule is CCOc1ccc2nc(NC(=O)Cn3cnc([N+](=O)[O-])n3)sc2c1. The Morgan fingerprint density at radius 3 is 3.04 bits per heavy atom. The lowest BCUT2D eigenvalue weighted by Gasteiger charge is -2.00. The molecule has 3 rings (SSSR count). The molecule has 1 aromatic carbocycles. The zero-order valence-corrected chi connectivity index (χ0v) is 13.3. The van der Waals surface area contributed by atoms with Gasteiger partial charge in [-0.15, -0.1) is 0 Å². The van der Waals surface area contributed by atoms with Crippen LogP contribution in [0.5, 0.6) is 5.75 Å². The van der Waals surface area contributed by atoms with Gasteiger partial charge in [-0.3, -0.25) is 4.79 Å². The van der Waals surface area contributed by atoms with Crippen LogP contribution in [0.1, 0.15) is 6.92 Å². The molecule has 2 aromatic heterocycles. The summed E-state index contributed by atoms with van der Waals surface area (Å²) < 4.78 is 7.40. The number of carbonyl (C=O) groups excluding carboxylic acids is 1. The highest BCUT2D eigenvalue weighted by Gasteiger charge is 2.16. The third-order valence-corrected chi connectivity index (χ3v) is 3.84. The van der Waals surface area contributed by atoms with Crippen molar-refractivity contribution in [1.29, 1.82) is 0 Å². The number of fused-ring (bicyclic) bond motifs is 1. The number of anilines is 1. The fourth-order valence-corrected chi connectivity index (χ4v) is 2.88. The van der Waals surface area contributed by atoms with Crippen LogP contribution in [0, 0.1) is 10.1 Å². The third-order valence-electron chi connectivity index (χ3n) is 2.91. The van der Waals surface area contributed by atoms with Crippen molar-refractivity contribution in [2.75, 3.05) is 11.9 Å². The topological polar surface area (TPSA) is 125 Å². The van der Waals surface area contributed by atoms with E-state index in [1.807, 2.05) is 25.1 Å². The van der Waals surface area contributed by atoms with Crippen molar-refractivity contribution in [2.24, 2.45) is 0 Å². The number of nitrogens with zero attached hydrogens (tertiary/aromatic N) is 5. The summed E-state index contributed by atoms with van der Waals surface area (Å²) in [4.78, 5) is 29.6. The van der Waals surface area contributed by atoms with Crippen LogP contribution < -0.4 is 10.1 Å². The largest absolute Gasteiger partial charge is 0.494 e. The van der Waals surface area contributed by atoms with E-state index in [1.54, 1.807) is 0 Å². The molecule has 0 saturated carbocycles. The molecule has 2 heterocycles. The number of amides is 1. The first-order chi connectivity index (χ1) is 11.5. The summed E-state index contributed by atoms with van der Waals surface area (Å²) in [5.74, 6) is -0.216. The zero-order valence-electron chi connectivity index (χ0n) is 12.5. The van der Waals surface area contributed by atoms with Crippen LogP contribution in [0.2, 0.25) is 0 Å². The molecule has 0 unspecified atom stereocenters. The molecule has 3 aromatic rings. The first-order valence-corrected chi connectivity index (χ1v) is 7.74. The number of carbonyl (C=O) groups is 1. The van der Waals surface area contributed by atoms with Crippen molar-refractivity contribution in [3.63, 3.8) is 0 Å². The quantitative estimate of drug-likeness (QED) is 0.532. The molecule has 11 heteroatoms. The smallest absolute Gasteiger partial charge is 0.490 e. The fourth-order valence-electron chi connectivity index (χ4n) is 1.97. The van der Waals surface area contributed by atoms with E-state index in [2.05, 4.69) is 20.4 Å². The Morgan fingerprint density at radius 1 is 1.50 bits per heavy atom. The molecule has 24 heavy (non-hydrogen) atoms. The zero-order chi connectivity index (χ0) is 17.1. The Bertz CT molecular complexity index is 905. The highest BCUT2D eigenvalue weighted by molar-refractivity contribution is 7.22. The van der Waals surface area contributed by atoms with Gasteiger partial charge in [0.1, 0.15) is 12.3 Å². The number of ether oxygens (including phenoxy) is 1. The van der Waals surface area contributed by atoms with Crippen LogP contribution in [0.4, 0.5) is 11.1 Å². The Hall–Kier alpha value is -3.08. The van der Waals surface area contributed by atoms with Crippen molar-refractivity contribution < 1.29 is 14.5 Å². The van der Waals surface area contributed by atoms with Gasteiger partial charge in [0, 0.05) is 5.10 Å². The summed E-state index contributed by atoms with van der Waals surface area (Å²) in [6.07, 6.45) is 1.13. The van der Waals surface area contributed by atoms with E-state index in [-0.39, 0.29) is 6.54 Å². The predicted molar refractivity (Wildman–Crippen MR) is 86.1 cm³/mol. The number of thiazole rings is 1. The van der Waals surface area contributed by atoms with Crippen molar-refractivity contribution in [1.82, 2.24) is 19.7 Å². The van der Waals surface area contributed by atoms with Gasteiger partial charge < -0.3 is 20.2 Å². The number of benzene rings is 1. The van der Waals surface area contributed by atoms with Gasteiger partial charge in [-0.2, -0.15) is 4.68 Å². The van der Waals surface area contributed by atoms with E-state index in [1.165, 1.54) is 11.3 Å². The van der Waals surface area contributed by atoms with Gasteiger partial charge in [-0.25, -0.2) is 4.98 Å². The van der Waals surface area contributed by atoms with Crippen LogP contribution in [0.15, 0.2) is 24.5 Å². The number of nitro groups is 1. The Morgan fingerprint density at radius 2 is 2.33 bits per heavy atom. The maximum atomic E-state index is 12.0. The summed E-state index contributed by atoms with van der Waals surface area (Å²) in [7, 11) is 0. The second kappa shape index (κ2) is 6.58. The lowest BCUT2D eigenvalue weighted by molar-refractivity contribution is -0.394. The van der Waals surface area contributed by atoms with Crippen molar-refractivity contribution >= 4 is 38.5 Å². The van der Waals surface area contributed by atoms with Crippen LogP contribution >= 0.6 is 11.3 Å². The van der Waals surface area contributed by atoms with Crippen molar-refractivity contribution in [3.05, 3.63) is 34.6 Å². The number of hydrogen-bond donors (Lipinski definition) is 1. The number of nitrogens with one attached hydrogen (secondary N) is 1. The summed E-state index contributed by atoms with van der Waals surface area (Å²) in [6.45, 7) is 2.27. The molecule has 0 aliphatic heterocycles. The molecule has 1 amide bonds. The molecular weight excluding hydrogens is 336 g/mol. The van der Waals surface area contributed by atoms with E-state index < -0.39 is 16.8 Å². The minimum absolute atomic E-state index is 0.193. The average molecular weight is 348 g/mol. The van der Waals surface area contributed by atoms with E-state index in [0.717, 1.165) is 27.0 Å². The van der Waals surface area contributed by atoms with Crippen LogP contribution in [-0.4, -0.2) is 37.2 Å². The first-order valence-electron chi connectivity index (χ1n) is 6.92. The van der Waals surface area contributed by atoms with Crippen LogP contribution in [0.25, 0.3) is 10.2 Å². The summed E-state index contributed by atoms with van der Waals surface area (Å²) in [6, 6.07) is 5.48. The molecule has 1 N–H and O–H groups in total. The van der Waals surface area contributed by atoms with Crippen molar-refractivity contribution in [3.8, 4) is 5.75 Å². The average Bonchev–Trinajstić information content (AvgIpc) is 3.13. The maximum Gasteiger partial charge on any atom is 0.490 e. The molecule has 124 valence electrons. The Balaban J connectivity index is 1.69. The molecule has 0 aliphatic rings. The highest BCUT2D eigenvalue weighted by atomic mass is 32.1. The summed E-state index contributed by atoms with van der Waals surface area (Å²) in [5, 5.41) is 17.2. The standard InChI is InChI=1S/C13H12N6O4S/c1-2-23-8-3-4-9-10(5-8)24-13(15-9)16-11(20)6-18-7-14-12(17-18)19(21)22/h3-5,7H,2,6H2,1H3,(H,15,16,20). The molecule has 0 spiro atoms. The maximum absolute atomic E-state index is 12.0. The van der Waals surface area contributed by atoms with E-state index in [0.29, 0.717) is 11.7 Å². The van der Waals surface area contributed by atoms with Gasteiger partial charge in [0.15, 0.2) is 5.13 Å². The van der Waals surface area contributed by atoms with Gasteiger partial charge in [0.05, 0.1) is 16.8 Å². The van der Waals surface area contributed by atoms with Gasteiger partial charge in [-0.1, -0.05) is 16.3 Å². The van der Waals surface area contributed by atoms with E-state index in [4.69, 9.17) is 4.74 Å². The van der Waals surface area contributed by atoms with Crippen molar-refractivity contribution in [2.45, 2.75) is 13.5 Å². The van der Waals surface area contributed by atoms with Gasteiger partial charge in [0.2, 0.25) is 12.2 Å². The Labute approximate surface area is 139 Å². The second-order valence-electron chi connectivity index (χ2n) is 4.63. The number of rotatable bonds is 6. The van der Waals surface area contributed by atoms with E-state index >= 15 is 0 Å². The molecule has 0 aliphatic carbocycles. The molecule has 0 saturated heterocycles. The minimum Gasteiger partial charge on any atom is -0.494 e. The molecule has 0 fully saturated rings. The monoisotopic (exact) mass is 348 g/mol. The van der Waals surface area contributed by atoms with Crippen LogP contribution in [-0.2, 0) is 11.3 Å². The summed E-state index contributed by atoms with van der Waals surface area (Å²) in [5.41, 5.74) is 0.746. The molecule has 10 nitrogen and oxygen atoms in total.